The van der Waals surface area contributed by atoms with Crippen molar-refractivity contribution in [2.24, 2.45) is 22.7 Å². The molecule has 32 heavy (non-hydrogen) atoms. The average Bonchev–Trinajstić information content (AvgIpc) is 2.58. The number of ether oxygens (including phenoxy) is 1. The highest BCUT2D eigenvalue weighted by molar-refractivity contribution is 6.78. The molecule has 4 heteroatoms. The van der Waals surface area contributed by atoms with Gasteiger partial charge in [-0.15, -0.1) is 0 Å². The van der Waals surface area contributed by atoms with Crippen molar-refractivity contribution in [1.82, 2.24) is 4.90 Å². The van der Waals surface area contributed by atoms with Crippen LogP contribution in [0.3, 0.4) is 0 Å². The molecule has 0 radical (unpaired) electrons. The van der Waals surface area contributed by atoms with Gasteiger partial charge < -0.3 is 9.64 Å². The Balaban J connectivity index is 0.000000323. The van der Waals surface area contributed by atoms with Crippen molar-refractivity contribution in [3.05, 3.63) is 0 Å². The maximum atomic E-state index is 5.43. The lowest BCUT2D eigenvalue weighted by atomic mass is 9.99. The quantitative estimate of drug-likeness (QED) is 0.336. The number of piperidine rings is 1. The zero-order valence-electron chi connectivity index (χ0n) is 24.2. The van der Waals surface area contributed by atoms with E-state index in [0.717, 1.165) is 25.0 Å². The third-order valence-electron chi connectivity index (χ3n) is 7.20. The van der Waals surface area contributed by atoms with Gasteiger partial charge in [-0.2, -0.15) is 0 Å². The summed E-state index contributed by atoms with van der Waals surface area (Å²) < 4.78 is 5.43. The maximum absolute atomic E-state index is 5.43. The van der Waals surface area contributed by atoms with Crippen LogP contribution in [0.5, 0.6) is 0 Å². The van der Waals surface area contributed by atoms with Crippen LogP contribution in [0.4, 0.5) is 0 Å². The zero-order chi connectivity index (χ0) is 24.6. The number of nitrogens with zero attached hydrogens (tertiary/aromatic N) is 1. The predicted molar refractivity (Wildman–Crippen MR) is 151 cm³/mol. The number of hydrogen-bond acceptors (Lipinski definition) is 2. The second kappa shape index (κ2) is 12.9. The number of likely N-dealkylation sites (tertiary alicyclic amines) is 1. The van der Waals surface area contributed by atoms with Crippen LogP contribution in [0, 0.1) is 22.7 Å². The third-order valence-corrected chi connectivity index (χ3v) is 14.6. The van der Waals surface area contributed by atoms with Crippen molar-refractivity contribution in [2.45, 2.75) is 125 Å². The highest BCUT2D eigenvalue weighted by atomic mass is 28.3. The highest BCUT2D eigenvalue weighted by Crippen LogP contribution is 2.36. The maximum Gasteiger partial charge on any atom is 0.0481 e. The van der Waals surface area contributed by atoms with E-state index < -0.39 is 16.1 Å². The molecule has 2 aliphatic heterocycles. The lowest BCUT2D eigenvalue weighted by molar-refractivity contribution is 0.0711. The Labute approximate surface area is 205 Å². The molecule has 2 nitrogen and oxygen atoms in total. The Kier molecular flexibility index (Phi) is 12.2. The molecule has 2 fully saturated rings. The summed E-state index contributed by atoms with van der Waals surface area (Å²) in [5.41, 5.74) is 1.04. The van der Waals surface area contributed by atoms with Crippen LogP contribution in [-0.2, 0) is 4.74 Å². The van der Waals surface area contributed by atoms with E-state index >= 15 is 0 Å². The van der Waals surface area contributed by atoms with E-state index in [0.29, 0.717) is 10.8 Å². The van der Waals surface area contributed by atoms with Gasteiger partial charge in [-0.1, -0.05) is 98.8 Å². The van der Waals surface area contributed by atoms with Gasteiger partial charge >= 0.3 is 0 Å². The molecule has 0 bridgehead atoms. The van der Waals surface area contributed by atoms with Gasteiger partial charge in [0.25, 0.3) is 0 Å². The molecule has 0 spiro atoms. The summed E-state index contributed by atoms with van der Waals surface area (Å²) >= 11 is 0. The standard InChI is InChI=1S/C15H33NSi.C13H28OSi/c1-7-16-10-8-14(9-11-16)12-17(5,6)13-15(2,3)4;1-13(2,3)11-15(4,5)10-12-6-8-14-9-7-12/h14H,7-13H2,1-6H3;12H,6-11H2,1-5H3. The van der Waals surface area contributed by atoms with Gasteiger partial charge in [-0.25, -0.2) is 0 Å². The topological polar surface area (TPSA) is 12.5 Å². The van der Waals surface area contributed by atoms with Crippen LogP contribution in [0.2, 0.25) is 50.4 Å². The molecule has 2 aliphatic rings. The lowest BCUT2D eigenvalue weighted by Crippen LogP contribution is -2.38. The fourth-order valence-corrected chi connectivity index (χ4v) is 17.0. The Morgan fingerprint density at radius 2 is 1.06 bits per heavy atom. The largest absolute Gasteiger partial charge is 0.381 e. The van der Waals surface area contributed by atoms with Crippen LogP contribution in [0.1, 0.15) is 74.1 Å². The van der Waals surface area contributed by atoms with Crippen molar-refractivity contribution >= 4 is 16.1 Å². The lowest BCUT2D eigenvalue weighted by Gasteiger charge is -2.37. The van der Waals surface area contributed by atoms with Gasteiger partial charge in [-0.3, -0.25) is 0 Å². The van der Waals surface area contributed by atoms with Crippen LogP contribution in [-0.4, -0.2) is 53.9 Å². The summed E-state index contributed by atoms with van der Waals surface area (Å²) in [6.07, 6.45) is 5.52. The minimum absolute atomic E-state index is 0.515. The van der Waals surface area contributed by atoms with E-state index in [2.05, 4.69) is 79.6 Å². The first-order valence-corrected chi connectivity index (χ1v) is 20.6. The second-order valence-electron chi connectivity index (χ2n) is 15.1. The molecule has 2 saturated heterocycles. The molecule has 0 aliphatic carbocycles. The molecular weight excluding hydrogens is 422 g/mol. The number of hydrogen-bond donors (Lipinski definition) is 0. The summed E-state index contributed by atoms with van der Waals surface area (Å²) in [6, 6.07) is 6.00. The van der Waals surface area contributed by atoms with Gasteiger partial charge in [0, 0.05) is 29.4 Å². The fraction of sp³-hybridized carbons (Fsp3) is 1.00. The van der Waals surface area contributed by atoms with Gasteiger partial charge in [-0.05, 0) is 68.0 Å². The Bertz CT molecular complexity index is 505. The molecule has 0 saturated carbocycles. The average molecular weight is 484 g/mol. The summed E-state index contributed by atoms with van der Waals surface area (Å²) in [7, 11) is -1.96. The van der Waals surface area contributed by atoms with Crippen molar-refractivity contribution in [1.29, 1.82) is 0 Å². The summed E-state index contributed by atoms with van der Waals surface area (Å²) in [4.78, 5) is 2.61. The predicted octanol–water partition coefficient (Wildman–Crippen LogP) is 8.64. The summed E-state index contributed by atoms with van der Waals surface area (Å²) in [5, 5.41) is 0. The Morgan fingerprint density at radius 3 is 1.41 bits per heavy atom. The molecule has 0 atom stereocenters. The first kappa shape index (κ1) is 30.4. The molecule has 0 amide bonds. The van der Waals surface area contributed by atoms with Crippen molar-refractivity contribution < 1.29 is 4.74 Å². The molecule has 0 aromatic rings. The molecule has 2 heterocycles. The number of rotatable bonds is 7. The van der Waals surface area contributed by atoms with E-state index in [1.807, 2.05) is 0 Å². The van der Waals surface area contributed by atoms with Gasteiger partial charge in [0.15, 0.2) is 0 Å². The van der Waals surface area contributed by atoms with Crippen molar-refractivity contribution in [3.63, 3.8) is 0 Å². The third kappa shape index (κ3) is 14.6. The van der Waals surface area contributed by atoms with Gasteiger partial charge in [0.2, 0.25) is 0 Å². The van der Waals surface area contributed by atoms with Crippen LogP contribution in [0.15, 0.2) is 0 Å². The molecule has 0 aromatic carbocycles. The summed E-state index contributed by atoms with van der Waals surface area (Å²) in [5.74, 6) is 1.99. The van der Waals surface area contributed by atoms with Gasteiger partial charge in [0.05, 0.1) is 0 Å². The fourth-order valence-electron chi connectivity index (χ4n) is 7.04. The minimum Gasteiger partial charge on any atom is -0.381 e. The first-order chi connectivity index (χ1) is 14.5. The normalized spacial score (nSPS) is 20.7. The van der Waals surface area contributed by atoms with Crippen LogP contribution >= 0.6 is 0 Å². The van der Waals surface area contributed by atoms with Crippen LogP contribution in [0.25, 0.3) is 0 Å². The first-order valence-electron chi connectivity index (χ1n) is 13.8. The van der Waals surface area contributed by atoms with E-state index in [4.69, 9.17) is 4.74 Å². The minimum atomic E-state index is -0.982. The van der Waals surface area contributed by atoms with Crippen molar-refractivity contribution in [3.8, 4) is 0 Å². The molecule has 0 unspecified atom stereocenters. The molecule has 0 N–H and O–H groups in total. The smallest absolute Gasteiger partial charge is 0.0481 e. The molecule has 2 rings (SSSR count). The van der Waals surface area contributed by atoms with E-state index in [-0.39, 0.29) is 0 Å². The highest BCUT2D eigenvalue weighted by Gasteiger charge is 2.32. The molecular formula is C28H61NOSi2. The molecule has 192 valence electrons. The Morgan fingerprint density at radius 1 is 0.688 bits per heavy atom. The van der Waals surface area contributed by atoms with E-state index in [1.54, 1.807) is 6.04 Å². The zero-order valence-corrected chi connectivity index (χ0v) is 26.2. The van der Waals surface area contributed by atoms with Crippen LogP contribution < -0.4 is 0 Å². The monoisotopic (exact) mass is 483 g/mol. The summed E-state index contributed by atoms with van der Waals surface area (Å²) in [6.45, 7) is 32.9. The van der Waals surface area contributed by atoms with E-state index in [1.165, 1.54) is 63.4 Å². The van der Waals surface area contributed by atoms with E-state index in [9.17, 15) is 0 Å². The Hall–Kier alpha value is 0.354. The SMILES string of the molecule is CC(C)(C)C[Si](C)(C)CC1CCOCC1.CCN1CCC(C[Si](C)(C)CC(C)(C)C)CC1. The second-order valence-corrected chi connectivity index (χ2v) is 25.3. The van der Waals surface area contributed by atoms with Gasteiger partial charge in [0.1, 0.15) is 0 Å². The molecule has 0 aromatic heterocycles. The van der Waals surface area contributed by atoms with Crippen molar-refractivity contribution in [2.75, 3.05) is 32.8 Å².